The molecule has 1 N–H and O–H groups in total. The first-order chi connectivity index (χ1) is 8.22. The number of carbonyl (C=O) groups is 1. The molecule has 90 valence electrons. The molecule has 1 saturated carbocycles. The van der Waals surface area contributed by atoms with E-state index in [1.165, 1.54) is 12.8 Å². The molecule has 1 aromatic heterocycles. The number of nitrogens with one attached hydrogen (secondary N) is 1. The molecule has 17 heavy (non-hydrogen) atoms. The largest absolute Gasteiger partial charge is 0.349 e. The molecule has 1 aliphatic carbocycles. The van der Waals surface area contributed by atoms with E-state index in [9.17, 15) is 4.79 Å². The van der Waals surface area contributed by atoms with Gasteiger partial charge in [-0.25, -0.2) is 9.97 Å². The third-order valence-electron chi connectivity index (χ3n) is 3.26. The van der Waals surface area contributed by atoms with Gasteiger partial charge in [-0.2, -0.15) is 0 Å². The van der Waals surface area contributed by atoms with E-state index in [0.717, 1.165) is 12.1 Å². The number of hydrogen-bond donors (Lipinski definition) is 1. The Morgan fingerprint density at radius 1 is 1.35 bits per heavy atom. The van der Waals surface area contributed by atoms with Gasteiger partial charge < -0.3 is 10.2 Å². The van der Waals surface area contributed by atoms with E-state index in [-0.39, 0.29) is 11.9 Å². The van der Waals surface area contributed by atoms with Crippen molar-refractivity contribution in [1.29, 1.82) is 0 Å². The number of rotatable bonds is 3. The number of aryl methyl sites for hydroxylation is 1. The number of carbonyl (C=O) groups excluding carboxylic acids is 1. The Morgan fingerprint density at radius 2 is 2.06 bits per heavy atom. The van der Waals surface area contributed by atoms with Crippen LogP contribution in [0, 0.1) is 6.92 Å². The monoisotopic (exact) mass is 232 g/mol. The molecule has 1 saturated heterocycles. The lowest BCUT2D eigenvalue weighted by atomic mass is 10.2. The molecule has 0 bridgehead atoms. The molecule has 5 heteroatoms. The van der Waals surface area contributed by atoms with Crippen LogP contribution >= 0.6 is 0 Å². The lowest BCUT2D eigenvalue weighted by molar-refractivity contribution is -0.128. The molecule has 0 spiro atoms. The molecule has 0 aromatic carbocycles. The summed E-state index contributed by atoms with van der Waals surface area (Å²) in [4.78, 5) is 22.1. The zero-order valence-corrected chi connectivity index (χ0v) is 9.89. The van der Waals surface area contributed by atoms with Gasteiger partial charge in [0.25, 0.3) is 0 Å². The van der Waals surface area contributed by atoms with Gasteiger partial charge in [-0.3, -0.25) is 4.79 Å². The maximum atomic E-state index is 11.8. The molecule has 2 aliphatic rings. The van der Waals surface area contributed by atoms with Gasteiger partial charge in [0.15, 0.2) is 0 Å². The number of hydrogen-bond acceptors (Lipinski definition) is 4. The second-order valence-electron chi connectivity index (χ2n) is 4.91. The highest BCUT2D eigenvalue weighted by atomic mass is 16.2. The van der Waals surface area contributed by atoms with Crippen molar-refractivity contribution in [3.05, 3.63) is 18.0 Å². The summed E-state index contributed by atoms with van der Waals surface area (Å²) >= 11 is 0. The zero-order valence-electron chi connectivity index (χ0n) is 9.89. The Balaban J connectivity index is 1.62. The molecule has 5 nitrogen and oxygen atoms in total. The summed E-state index contributed by atoms with van der Waals surface area (Å²) in [5.74, 6) is 0.878. The fourth-order valence-electron chi connectivity index (χ4n) is 2.22. The van der Waals surface area contributed by atoms with Crippen molar-refractivity contribution in [3.8, 4) is 0 Å². The summed E-state index contributed by atoms with van der Waals surface area (Å²) in [5, 5.41) is 3.23. The lowest BCUT2D eigenvalue weighted by Gasteiger charge is -2.15. The molecule has 2 fully saturated rings. The van der Waals surface area contributed by atoms with Crippen molar-refractivity contribution in [2.75, 3.05) is 11.9 Å². The van der Waals surface area contributed by atoms with Crippen molar-refractivity contribution < 1.29 is 4.79 Å². The molecule has 1 atom stereocenters. The summed E-state index contributed by atoms with van der Waals surface area (Å²) in [6, 6.07) is 0.666. The first-order valence-electron chi connectivity index (χ1n) is 6.07. The number of nitrogens with zero attached hydrogens (tertiary/aromatic N) is 3. The molecular weight excluding hydrogens is 216 g/mol. The summed E-state index contributed by atoms with van der Waals surface area (Å²) in [6.07, 6.45) is 6.46. The minimum absolute atomic E-state index is 0.158. The third-order valence-corrected chi connectivity index (χ3v) is 3.26. The molecule has 2 heterocycles. The van der Waals surface area contributed by atoms with Crippen LogP contribution in [0.5, 0.6) is 0 Å². The van der Waals surface area contributed by atoms with E-state index in [4.69, 9.17) is 0 Å². The summed E-state index contributed by atoms with van der Waals surface area (Å²) in [7, 11) is 0. The van der Waals surface area contributed by atoms with E-state index in [1.54, 1.807) is 12.4 Å². The standard InChI is InChI=1S/C12H16N4O/c1-8-5-13-12(14-6-8)15-9-4-11(17)16(7-9)10-2-3-10/h5-6,9-10H,2-4,7H2,1H3,(H,13,14,15). The van der Waals surface area contributed by atoms with Crippen molar-refractivity contribution in [3.63, 3.8) is 0 Å². The van der Waals surface area contributed by atoms with Gasteiger partial charge in [0, 0.05) is 31.4 Å². The molecule has 1 unspecified atom stereocenters. The highest BCUT2D eigenvalue weighted by Gasteiger charge is 2.39. The van der Waals surface area contributed by atoms with E-state index in [0.29, 0.717) is 18.4 Å². The van der Waals surface area contributed by atoms with Crippen LogP contribution in [-0.2, 0) is 4.79 Å². The summed E-state index contributed by atoms with van der Waals surface area (Å²) in [6.45, 7) is 2.75. The van der Waals surface area contributed by atoms with E-state index in [2.05, 4.69) is 15.3 Å². The van der Waals surface area contributed by atoms with Crippen LogP contribution in [0.15, 0.2) is 12.4 Å². The van der Waals surface area contributed by atoms with Gasteiger partial charge in [-0.1, -0.05) is 0 Å². The van der Waals surface area contributed by atoms with Crippen LogP contribution in [-0.4, -0.2) is 39.4 Å². The van der Waals surface area contributed by atoms with Crippen LogP contribution in [0.2, 0.25) is 0 Å². The second-order valence-corrected chi connectivity index (χ2v) is 4.91. The Kier molecular flexibility index (Phi) is 2.46. The Hall–Kier alpha value is -1.65. The highest BCUT2D eigenvalue weighted by molar-refractivity contribution is 5.80. The van der Waals surface area contributed by atoms with E-state index < -0.39 is 0 Å². The quantitative estimate of drug-likeness (QED) is 0.843. The van der Waals surface area contributed by atoms with E-state index in [1.807, 2.05) is 11.8 Å². The zero-order chi connectivity index (χ0) is 11.8. The fraction of sp³-hybridized carbons (Fsp3) is 0.583. The average molecular weight is 232 g/mol. The molecule has 1 amide bonds. The van der Waals surface area contributed by atoms with Crippen LogP contribution in [0.3, 0.4) is 0 Å². The Morgan fingerprint density at radius 3 is 2.71 bits per heavy atom. The van der Waals surface area contributed by atoms with Crippen LogP contribution < -0.4 is 5.32 Å². The van der Waals surface area contributed by atoms with Crippen molar-refractivity contribution >= 4 is 11.9 Å². The van der Waals surface area contributed by atoms with E-state index >= 15 is 0 Å². The van der Waals surface area contributed by atoms with Crippen molar-refractivity contribution in [1.82, 2.24) is 14.9 Å². The number of likely N-dealkylation sites (tertiary alicyclic amines) is 1. The lowest BCUT2D eigenvalue weighted by Crippen LogP contribution is -2.30. The predicted octanol–water partition coefficient (Wildman–Crippen LogP) is 0.960. The SMILES string of the molecule is Cc1cnc(NC2CC(=O)N(C3CC3)C2)nc1. The average Bonchev–Trinajstić information content (AvgIpc) is 3.08. The van der Waals surface area contributed by atoms with Gasteiger partial charge in [0.2, 0.25) is 11.9 Å². The van der Waals surface area contributed by atoms with Gasteiger partial charge in [-0.15, -0.1) is 0 Å². The van der Waals surface area contributed by atoms with Crippen LogP contribution in [0.1, 0.15) is 24.8 Å². The van der Waals surface area contributed by atoms with Gasteiger partial charge in [-0.05, 0) is 25.3 Å². The molecule has 0 radical (unpaired) electrons. The van der Waals surface area contributed by atoms with Crippen molar-refractivity contribution in [2.45, 2.75) is 38.3 Å². The van der Waals surface area contributed by atoms with Gasteiger partial charge in [0.1, 0.15) is 0 Å². The van der Waals surface area contributed by atoms with Crippen LogP contribution in [0.25, 0.3) is 0 Å². The molecule has 1 aliphatic heterocycles. The summed E-state index contributed by atoms with van der Waals surface area (Å²) < 4.78 is 0. The van der Waals surface area contributed by atoms with Crippen molar-refractivity contribution in [2.24, 2.45) is 0 Å². The Bertz CT molecular complexity index is 427. The number of aromatic nitrogens is 2. The molecular formula is C12H16N4O. The smallest absolute Gasteiger partial charge is 0.225 e. The number of amides is 1. The summed E-state index contributed by atoms with van der Waals surface area (Å²) in [5.41, 5.74) is 1.04. The maximum absolute atomic E-state index is 11.8. The maximum Gasteiger partial charge on any atom is 0.225 e. The van der Waals surface area contributed by atoms with Gasteiger partial charge in [0.05, 0.1) is 6.04 Å². The second kappa shape index (κ2) is 3.98. The highest BCUT2D eigenvalue weighted by Crippen LogP contribution is 2.31. The molecule has 1 aromatic rings. The van der Waals surface area contributed by atoms with Gasteiger partial charge >= 0.3 is 0 Å². The molecule has 3 rings (SSSR count). The topological polar surface area (TPSA) is 58.1 Å². The third kappa shape index (κ3) is 2.23. The predicted molar refractivity (Wildman–Crippen MR) is 63.5 cm³/mol. The Labute approximate surface area is 100 Å². The minimum atomic E-state index is 0.158. The fourth-order valence-corrected chi connectivity index (χ4v) is 2.22. The number of anilines is 1. The first kappa shape index (κ1) is 10.5. The van der Waals surface area contributed by atoms with Crippen LogP contribution in [0.4, 0.5) is 5.95 Å². The minimum Gasteiger partial charge on any atom is -0.349 e. The first-order valence-corrected chi connectivity index (χ1v) is 6.07. The normalized spacial score (nSPS) is 24.2.